The van der Waals surface area contributed by atoms with Gasteiger partial charge in [0.1, 0.15) is 0 Å². The van der Waals surface area contributed by atoms with Crippen molar-refractivity contribution < 1.29 is 9.59 Å². The third-order valence-electron chi connectivity index (χ3n) is 4.15. The molecule has 1 aromatic heterocycles. The number of Topliss-reactive ketones (excluding diaryl/α,β-unsaturated/α-hetero) is 1. The van der Waals surface area contributed by atoms with Crippen LogP contribution < -0.4 is 5.32 Å². The summed E-state index contributed by atoms with van der Waals surface area (Å²) < 4.78 is 0. The monoisotopic (exact) mass is 378 g/mol. The number of amides is 1. The van der Waals surface area contributed by atoms with Gasteiger partial charge in [0, 0.05) is 34.6 Å². The van der Waals surface area contributed by atoms with Gasteiger partial charge in [0.15, 0.2) is 5.78 Å². The molecule has 1 amide bonds. The molecule has 2 aromatic carbocycles. The number of nitrogens with one attached hydrogen (secondary N) is 1. The number of benzene rings is 2. The molecule has 0 saturated carbocycles. The molecule has 0 aliphatic rings. The fourth-order valence-electron chi connectivity index (χ4n) is 2.72. The minimum Gasteiger partial charge on any atom is -0.352 e. The van der Waals surface area contributed by atoms with Crippen LogP contribution in [-0.2, 0) is 12.8 Å². The van der Waals surface area contributed by atoms with E-state index < -0.39 is 0 Å². The Balaban J connectivity index is 1.58. The van der Waals surface area contributed by atoms with Gasteiger partial charge in [-0.2, -0.15) is 0 Å². The van der Waals surface area contributed by atoms with Crippen molar-refractivity contribution in [2.75, 3.05) is 6.54 Å². The van der Waals surface area contributed by atoms with Crippen LogP contribution in [-0.4, -0.2) is 23.2 Å². The second kappa shape index (κ2) is 9.10. The van der Waals surface area contributed by atoms with Crippen LogP contribution in [0.25, 0.3) is 0 Å². The number of pyridine rings is 1. The molecule has 0 aliphatic heterocycles. The van der Waals surface area contributed by atoms with Gasteiger partial charge in [0.05, 0.1) is 6.42 Å². The summed E-state index contributed by atoms with van der Waals surface area (Å²) in [4.78, 5) is 28.9. The van der Waals surface area contributed by atoms with Crippen LogP contribution in [0.4, 0.5) is 0 Å². The molecule has 0 spiro atoms. The van der Waals surface area contributed by atoms with Crippen molar-refractivity contribution in [3.05, 3.63) is 100 Å². The molecule has 0 atom stereocenters. The van der Waals surface area contributed by atoms with Crippen molar-refractivity contribution in [1.82, 2.24) is 10.3 Å². The van der Waals surface area contributed by atoms with Crippen molar-refractivity contribution in [3.63, 3.8) is 0 Å². The van der Waals surface area contributed by atoms with Gasteiger partial charge in [-0.1, -0.05) is 60.1 Å². The predicted octanol–water partition coefficient (Wildman–Crippen LogP) is 4.13. The van der Waals surface area contributed by atoms with Gasteiger partial charge >= 0.3 is 0 Å². The van der Waals surface area contributed by atoms with Crippen molar-refractivity contribution in [3.8, 4) is 0 Å². The van der Waals surface area contributed by atoms with E-state index in [-0.39, 0.29) is 18.1 Å². The van der Waals surface area contributed by atoms with Gasteiger partial charge in [0.25, 0.3) is 5.91 Å². The van der Waals surface area contributed by atoms with E-state index in [1.807, 2.05) is 42.5 Å². The number of halogens is 1. The van der Waals surface area contributed by atoms with E-state index in [4.69, 9.17) is 11.6 Å². The maximum Gasteiger partial charge on any atom is 0.251 e. The summed E-state index contributed by atoms with van der Waals surface area (Å²) >= 11 is 6.12. The molecule has 0 fully saturated rings. The fourth-order valence-corrected chi connectivity index (χ4v) is 2.95. The number of carbonyl (C=O) groups is 2. The molecule has 1 N–H and O–H groups in total. The van der Waals surface area contributed by atoms with E-state index in [0.29, 0.717) is 34.8 Å². The Morgan fingerprint density at radius 1 is 0.926 bits per heavy atom. The maximum atomic E-state index is 12.4. The summed E-state index contributed by atoms with van der Waals surface area (Å²) in [7, 11) is 0. The van der Waals surface area contributed by atoms with Crippen LogP contribution in [0.2, 0.25) is 5.02 Å². The number of hydrogen-bond donors (Lipinski definition) is 1. The average molecular weight is 379 g/mol. The summed E-state index contributed by atoms with van der Waals surface area (Å²) in [6, 6.07) is 19.9. The van der Waals surface area contributed by atoms with Crippen molar-refractivity contribution in [2.45, 2.75) is 12.8 Å². The lowest BCUT2D eigenvalue weighted by molar-refractivity contribution is 0.0950. The van der Waals surface area contributed by atoms with E-state index >= 15 is 0 Å². The molecule has 5 heteroatoms. The third kappa shape index (κ3) is 5.25. The van der Waals surface area contributed by atoms with Gasteiger partial charge in [0.2, 0.25) is 0 Å². The lowest BCUT2D eigenvalue weighted by Crippen LogP contribution is -2.26. The van der Waals surface area contributed by atoms with Crippen molar-refractivity contribution >= 4 is 23.3 Å². The minimum absolute atomic E-state index is 0.0284. The van der Waals surface area contributed by atoms with E-state index in [0.717, 1.165) is 5.56 Å². The molecule has 4 nitrogen and oxygen atoms in total. The van der Waals surface area contributed by atoms with Gasteiger partial charge in [-0.25, -0.2) is 0 Å². The van der Waals surface area contributed by atoms with E-state index in [1.54, 1.807) is 30.5 Å². The molecular weight excluding hydrogens is 360 g/mol. The molecule has 1 heterocycles. The van der Waals surface area contributed by atoms with E-state index in [2.05, 4.69) is 10.3 Å². The lowest BCUT2D eigenvalue weighted by atomic mass is 10.1. The molecule has 0 bridgehead atoms. The first kappa shape index (κ1) is 18.8. The number of nitrogens with zero attached hydrogens (tertiary/aromatic N) is 1. The van der Waals surface area contributed by atoms with Gasteiger partial charge in [-0.15, -0.1) is 0 Å². The van der Waals surface area contributed by atoms with Crippen LogP contribution in [0.3, 0.4) is 0 Å². The Kier molecular flexibility index (Phi) is 6.34. The number of aromatic nitrogens is 1. The number of carbonyl (C=O) groups excluding carboxylic acids is 2. The van der Waals surface area contributed by atoms with E-state index in [9.17, 15) is 9.59 Å². The van der Waals surface area contributed by atoms with Gasteiger partial charge in [-0.3, -0.25) is 14.6 Å². The summed E-state index contributed by atoms with van der Waals surface area (Å²) in [5.41, 5.74) is 2.68. The highest BCUT2D eigenvalue weighted by Gasteiger charge is 2.11. The molecule has 0 radical (unpaired) electrons. The van der Waals surface area contributed by atoms with E-state index in [1.165, 1.54) is 0 Å². The Morgan fingerprint density at radius 3 is 2.44 bits per heavy atom. The molecule has 27 heavy (non-hydrogen) atoms. The summed E-state index contributed by atoms with van der Waals surface area (Å²) in [6.07, 6.45) is 2.36. The lowest BCUT2D eigenvalue weighted by Gasteiger charge is -2.08. The second-order valence-corrected chi connectivity index (χ2v) is 6.51. The zero-order chi connectivity index (χ0) is 19.1. The van der Waals surface area contributed by atoms with Crippen LogP contribution >= 0.6 is 11.6 Å². The predicted molar refractivity (Wildman–Crippen MR) is 106 cm³/mol. The molecule has 3 rings (SSSR count). The molecule has 136 valence electrons. The Labute approximate surface area is 163 Å². The van der Waals surface area contributed by atoms with Crippen LogP contribution in [0.5, 0.6) is 0 Å². The molecule has 0 aliphatic carbocycles. The SMILES string of the molecule is O=C(Cc1cc(C(=O)NCCc2ccccc2Cl)ccn1)c1ccccc1. The van der Waals surface area contributed by atoms with Crippen LogP contribution in [0, 0.1) is 0 Å². The first-order chi connectivity index (χ1) is 13.1. The first-order valence-electron chi connectivity index (χ1n) is 8.68. The summed E-state index contributed by atoms with van der Waals surface area (Å²) in [5, 5.41) is 3.57. The molecule has 3 aromatic rings. The Morgan fingerprint density at radius 2 is 1.67 bits per heavy atom. The molecule has 0 saturated heterocycles. The summed E-state index contributed by atoms with van der Waals surface area (Å²) in [6.45, 7) is 0.475. The standard InChI is InChI=1S/C22H19ClN2O2/c23-20-9-5-4-6-16(20)10-13-25-22(27)18-11-12-24-19(14-18)15-21(26)17-7-2-1-3-8-17/h1-9,11-12,14H,10,13,15H2,(H,25,27). The quantitative estimate of drug-likeness (QED) is 0.629. The zero-order valence-electron chi connectivity index (χ0n) is 14.7. The highest BCUT2D eigenvalue weighted by molar-refractivity contribution is 6.31. The average Bonchev–Trinajstić information content (AvgIpc) is 2.70. The third-order valence-corrected chi connectivity index (χ3v) is 4.52. The van der Waals surface area contributed by atoms with Crippen molar-refractivity contribution in [2.24, 2.45) is 0 Å². The number of hydrogen-bond acceptors (Lipinski definition) is 3. The highest BCUT2D eigenvalue weighted by Crippen LogP contribution is 2.15. The van der Waals surface area contributed by atoms with Crippen molar-refractivity contribution in [1.29, 1.82) is 0 Å². The normalized spacial score (nSPS) is 10.4. The zero-order valence-corrected chi connectivity index (χ0v) is 15.4. The largest absolute Gasteiger partial charge is 0.352 e. The molecular formula is C22H19ClN2O2. The van der Waals surface area contributed by atoms with Gasteiger partial charge < -0.3 is 5.32 Å². The fraction of sp³-hybridized carbons (Fsp3) is 0.136. The topological polar surface area (TPSA) is 59.1 Å². The number of rotatable bonds is 7. The van der Waals surface area contributed by atoms with Crippen LogP contribution in [0.15, 0.2) is 72.9 Å². The van der Waals surface area contributed by atoms with Crippen LogP contribution in [0.1, 0.15) is 32.0 Å². The highest BCUT2D eigenvalue weighted by atomic mass is 35.5. The second-order valence-electron chi connectivity index (χ2n) is 6.10. The Hall–Kier alpha value is -2.98. The number of ketones is 1. The minimum atomic E-state index is -0.196. The maximum absolute atomic E-state index is 12.4. The summed E-state index contributed by atoms with van der Waals surface area (Å²) in [5.74, 6) is -0.225. The first-order valence-corrected chi connectivity index (χ1v) is 9.06. The van der Waals surface area contributed by atoms with Gasteiger partial charge in [-0.05, 0) is 30.2 Å². The molecule has 0 unspecified atom stereocenters. The smallest absolute Gasteiger partial charge is 0.251 e. The Bertz CT molecular complexity index is 942.